The minimum Gasteiger partial charge on any atom is -0.497 e. The molecule has 0 fully saturated rings. The third-order valence-corrected chi connectivity index (χ3v) is 4.20. The zero-order valence-corrected chi connectivity index (χ0v) is 16.4. The number of aliphatic imine (C=N–C) groups is 1. The number of aromatic nitrogens is 2. The van der Waals surface area contributed by atoms with E-state index in [1.54, 1.807) is 43.5 Å². The normalized spacial score (nSPS) is 11.2. The average Bonchev–Trinajstić information content (AvgIpc) is 3.28. The van der Waals surface area contributed by atoms with Gasteiger partial charge >= 0.3 is 0 Å². The molecule has 7 nitrogen and oxygen atoms in total. The van der Waals surface area contributed by atoms with Crippen molar-refractivity contribution in [1.29, 1.82) is 0 Å². The van der Waals surface area contributed by atoms with Crippen molar-refractivity contribution >= 4 is 5.96 Å². The molecule has 0 unspecified atom stereocenters. The molecule has 0 saturated carbocycles. The first-order valence-electron chi connectivity index (χ1n) is 9.17. The fourth-order valence-electron chi connectivity index (χ4n) is 2.69. The highest BCUT2D eigenvalue weighted by Gasteiger charge is 2.06. The van der Waals surface area contributed by atoms with Crippen molar-refractivity contribution in [3.8, 4) is 17.2 Å². The number of nitrogens with zero attached hydrogens (tertiary/aromatic N) is 3. The fourth-order valence-corrected chi connectivity index (χ4v) is 2.69. The van der Waals surface area contributed by atoms with E-state index in [1.165, 1.54) is 6.07 Å². The number of ether oxygens (including phenoxy) is 2. The van der Waals surface area contributed by atoms with E-state index in [9.17, 15) is 4.39 Å². The topological polar surface area (TPSA) is 72.7 Å². The second kappa shape index (κ2) is 10.1. The molecule has 0 atom stereocenters. The Labute approximate surface area is 169 Å². The monoisotopic (exact) mass is 397 g/mol. The van der Waals surface area contributed by atoms with Gasteiger partial charge < -0.3 is 24.7 Å². The van der Waals surface area contributed by atoms with Gasteiger partial charge in [0.15, 0.2) is 5.96 Å². The molecule has 1 heterocycles. The SMILES string of the molecule is CN=C(NCCOc1ccc(OC)cc1)NCc1ccc(-n2ccnc2)c(F)c1. The van der Waals surface area contributed by atoms with Crippen LogP contribution in [0.4, 0.5) is 4.39 Å². The van der Waals surface area contributed by atoms with Gasteiger partial charge in [-0.05, 0) is 42.0 Å². The molecule has 0 radical (unpaired) electrons. The van der Waals surface area contributed by atoms with Crippen molar-refractivity contribution in [2.75, 3.05) is 27.3 Å². The van der Waals surface area contributed by atoms with Gasteiger partial charge in [0.1, 0.15) is 23.9 Å². The maximum Gasteiger partial charge on any atom is 0.191 e. The standard InChI is InChI=1S/C21H24FN5O2/c1-23-21(25-10-12-29-18-6-4-17(28-2)5-7-18)26-14-16-3-8-20(19(22)13-16)27-11-9-24-15-27/h3-9,11,13,15H,10,12,14H2,1-2H3,(H2,23,25,26). The Kier molecular flexibility index (Phi) is 7.05. The Bertz CT molecular complexity index is 927. The second-order valence-corrected chi connectivity index (χ2v) is 6.13. The van der Waals surface area contributed by atoms with E-state index in [0.717, 1.165) is 17.1 Å². The highest BCUT2D eigenvalue weighted by molar-refractivity contribution is 5.79. The van der Waals surface area contributed by atoms with Crippen molar-refractivity contribution in [2.45, 2.75) is 6.54 Å². The van der Waals surface area contributed by atoms with Crippen LogP contribution in [0.1, 0.15) is 5.56 Å². The molecule has 8 heteroatoms. The molecule has 0 bridgehead atoms. The largest absolute Gasteiger partial charge is 0.497 e. The van der Waals surface area contributed by atoms with Crippen LogP contribution in [-0.2, 0) is 6.54 Å². The molecular formula is C21H24FN5O2. The van der Waals surface area contributed by atoms with Gasteiger partial charge in [-0.1, -0.05) is 6.07 Å². The number of imidazole rings is 1. The van der Waals surface area contributed by atoms with Crippen LogP contribution >= 0.6 is 0 Å². The summed E-state index contributed by atoms with van der Waals surface area (Å²) in [6.45, 7) is 1.49. The number of guanidine groups is 1. The lowest BCUT2D eigenvalue weighted by atomic mass is 10.2. The third-order valence-electron chi connectivity index (χ3n) is 4.20. The zero-order chi connectivity index (χ0) is 20.5. The van der Waals surface area contributed by atoms with Crippen LogP contribution in [0.25, 0.3) is 5.69 Å². The highest BCUT2D eigenvalue weighted by atomic mass is 19.1. The van der Waals surface area contributed by atoms with Crippen molar-refractivity contribution in [3.05, 3.63) is 72.6 Å². The molecule has 2 N–H and O–H groups in total. The number of halogens is 1. The number of nitrogens with one attached hydrogen (secondary N) is 2. The van der Waals surface area contributed by atoms with E-state index in [4.69, 9.17) is 9.47 Å². The molecule has 29 heavy (non-hydrogen) atoms. The zero-order valence-electron chi connectivity index (χ0n) is 16.4. The lowest BCUT2D eigenvalue weighted by Gasteiger charge is -2.13. The Balaban J connectivity index is 1.43. The molecule has 0 aliphatic carbocycles. The number of hydrogen-bond acceptors (Lipinski definition) is 4. The average molecular weight is 397 g/mol. The number of benzene rings is 2. The summed E-state index contributed by atoms with van der Waals surface area (Å²) in [4.78, 5) is 8.11. The van der Waals surface area contributed by atoms with Crippen LogP contribution in [0.15, 0.2) is 66.2 Å². The minimum absolute atomic E-state index is 0.307. The van der Waals surface area contributed by atoms with E-state index >= 15 is 0 Å². The summed E-state index contributed by atoms with van der Waals surface area (Å²) in [5.74, 6) is 1.86. The summed E-state index contributed by atoms with van der Waals surface area (Å²) in [6.07, 6.45) is 4.88. The smallest absolute Gasteiger partial charge is 0.191 e. The molecule has 0 aliphatic heterocycles. The molecule has 0 spiro atoms. The summed E-state index contributed by atoms with van der Waals surface area (Å²) in [7, 11) is 3.31. The van der Waals surface area contributed by atoms with Gasteiger partial charge in [0.05, 0.1) is 25.7 Å². The van der Waals surface area contributed by atoms with Crippen LogP contribution in [0.3, 0.4) is 0 Å². The van der Waals surface area contributed by atoms with E-state index in [2.05, 4.69) is 20.6 Å². The lowest BCUT2D eigenvalue weighted by Crippen LogP contribution is -2.38. The highest BCUT2D eigenvalue weighted by Crippen LogP contribution is 2.17. The Hall–Kier alpha value is -3.55. The number of rotatable bonds is 8. The van der Waals surface area contributed by atoms with Gasteiger partial charge in [-0.2, -0.15) is 0 Å². The van der Waals surface area contributed by atoms with Crippen LogP contribution in [-0.4, -0.2) is 42.8 Å². The van der Waals surface area contributed by atoms with Crippen molar-refractivity contribution in [1.82, 2.24) is 20.2 Å². The first kappa shape index (κ1) is 20.2. The summed E-state index contributed by atoms with van der Waals surface area (Å²) >= 11 is 0. The molecule has 152 valence electrons. The molecule has 1 aromatic heterocycles. The molecule has 3 rings (SSSR count). The van der Waals surface area contributed by atoms with Gasteiger partial charge in [-0.15, -0.1) is 0 Å². The summed E-state index contributed by atoms with van der Waals surface area (Å²) in [5, 5.41) is 6.33. The molecule has 0 saturated heterocycles. The Morgan fingerprint density at radius 3 is 2.59 bits per heavy atom. The van der Waals surface area contributed by atoms with Crippen molar-refractivity contribution in [3.63, 3.8) is 0 Å². The van der Waals surface area contributed by atoms with Gasteiger partial charge in [0, 0.05) is 26.0 Å². The first-order valence-corrected chi connectivity index (χ1v) is 9.17. The molecule has 0 aliphatic rings. The lowest BCUT2D eigenvalue weighted by molar-refractivity contribution is 0.321. The Morgan fingerprint density at radius 1 is 1.14 bits per heavy atom. The second-order valence-electron chi connectivity index (χ2n) is 6.13. The predicted molar refractivity (Wildman–Crippen MR) is 110 cm³/mol. The number of methoxy groups -OCH3 is 1. The summed E-state index contributed by atoms with van der Waals surface area (Å²) < 4.78 is 26.8. The predicted octanol–water partition coefficient (Wildman–Crippen LogP) is 2.76. The van der Waals surface area contributed by atoms with Gasteiger partial charge in [0.25, 0.3) is 0 Å². The quantitative estimate of drug-likeness (QED) is 0.347. The van der Waals surface area contributed by atoms with Crippen LogP contribution in [0.2, 0.25) is 0 Å². The van der Waals surface area contributed by atoms with Crippen LogP contribution in [0.5, 0.6) is 11.5 Å². The molecule has 2 aromatic carbocycles. The van der Waals surface area contributed by atoms with Crippen molar-refractivity contribution < 1.29 is 13.9 Å². The maximum atomic E-state index is 14.3. The Morgan fingerprint density at radius 2 is 1.93 bits per heavy atom. The third kappa shape index (κ3) is 5.71. The molecule has 3 aromatic rings. The van der Waals surface area contributed by atoms with Gasteiger partial charge in [0.2, 0.25) is 0 Å². The number of hydrogen-bond donors (Lipinski definition) is 2. The van der Waals surface area contributed by atoms with E-state index in [1.807, 2.05) is 30.3 Å². The van der Waals surface area contributed by atoms with Crippen LogP contribution < -0.4 is 20.1 Å². The van der Waals surface area contributed by atoms with E-state index in [0.29, 0.717) is 31.3 Å². The van der Waals surface area contributed by atoms with Gasteiger partial charge in [-0.25, -0.2) is 9.37 Å². The summed E-state index contributed by atoms with van der Waals surface area (Å²) in [5.41, 5.74) is 1.27. The maximum absolute atomic E-state index is 14.3. The van der Waals surface area contributed by atoms with E-state index in [-0.39, 0.29) is 5.82 Å². The van der Waals surface area contributed by atoms with E-state index < -0.39 is 0 Å². The van der Waals surface area contributed by atoms with Crippen LogP contribution in [0, 0.1) is 5.82 Å². The fraction of sp³-hybridized carbons (Fsp3) is 0.238. The summed E-state index contributed by atoms with van der Waals surface area (Å²) in [6, 6.07) is 12.5. The van der Waals surface area contributed by atoms with Gasteiger partial charge in [-0.3, -0.25) is 4.99 Å². The minimum atomic E-state index is -0.307. The first-order chi connectivity index (χ1) is 14.2. The van der Waals surface area contributed by atoms with Crippen molar-refractivity contribution in [2.24, 2.45) is 4.99 Å². The molecule has 0 amide bonds. The molecular weight excluding hydrogens is 373 g/mol.